The summed E-state index contributed by atoms with van der Waals surface area (Å²) < 4.78 is 67.4. The van der Waals surface area contributed by atoms with Crippen LogP contribution in [0.25, 0.3) is 0 Å². The predicted molar refractivity (Wildman–Crippen MR) is 67.1 cm³/mol. The molecular formula is C14H10F4O4. The van der Waals surface area contributed by atoms with Gasteiger partial charge in [-0.2, -0.15) is 13.2 Å². The molecule has 1 N–H and O–H groups in total. The molecule has 0 aliphatic carbocycles. The van der Waals surface area contributed by atoms with Crippen molar-refractivity contribution in [3.8, 4) is 23.0 Å². The molecule has 0 aromatic heterocycles. The average molecular weight is 318 g/mol. The molecule has 2 aromatic carbocycles. The van der Waals surface area contributed by atoms with Crippen LogP contribution in [0.15, 0.2) is 24.3 Å². The molecular weight excluding hydrogens is 308 g/mol. The van der Waals surface area contributed by atoms with Crippen molar-refractivity contribution in [2.45, 2.75) is 0 Å². The van der Waals surface area contributed by atoms with Crippen LogP contribution in [0.3, 0.4) is 0 Å². The van der Waals surface area contributed by atoms with Gasteiger partial charge in [0.25, 0.3) is 0 Å². The van der Waals surface area contributed by atoms with Crippen LogP contribution < -0.4 is 14.2 Å². The van der Waals surface area contributed by atoms with Gasteiger partial charge in [0, 0.05) is 0 Å². The van der Waals surface area contributed by atoms with Crippen LogP contribution in [0.1, 0.15) is 0 Å². The summed E-state index contributed by atoms with van der Waals surface area (Å²) in [5.41, 5.74) is 0. The number of benzene rings is 2. The highest BCUT2D eigenvalue weighted by atomic mass is 19.2. The first-order chi connectivity index (χ1) is 10.5. The van der Waals surface area contributed by atoms with E-state index in [9.17, 15) is 17.6 Å². The Kier molecular flexibility index (Phi) is 4.59. The maximum Gasteiger partial charge on any atom is 0.231 e. The van der Waals surface area contributed by atoms with Crippen LogP contribution in [0.2, 0.25) is 0 Å². The second kappa shape index (κ2) is 6.42. The Morgan fingerprint density at radius 1 is 0.818 bits per heavy atom. The minimum atomic E-state index is -1.33. The molecule has 0 aliphatic rings. The smallest absolute Gasteiger partial charge is 0.231 e. The van der Waals surface area contributed by atoms with Gasteiger partial charge in [0.1, 0.15) is 0 Å². The number of halogens is 4. The van der Waals surface area contributed by atoms with Gasteiger partial charge in [-0.1, -0.05) is 0 Å². The second-order valence-corrected chi connectivity index (χ2v) is 4.01. The van der Waals surface area contributed by atoms with Crippen LogP contribution >= 0.6 is 0 Å². The monoisotopic (exact) mass is 318 g/mol. The largest absolute Gasteiger partial charge is 0.503 e. The lowest BCUT2D eigenvalue weighted by molar-refractivity contribution is 0.109. The molecule has 0 heterocycles. The molecule has 0 unspecified atom stereocenters. The fourth-order valence-corrected chi connectivity index (χ4v) is 1.57. The lowest BCUT2D eigenvalue weighted by atomic mass is 10.3. The average Bonchev–Trinajstić information content (AvgIpc) is 2.51. The summed E-state index contributed by atoms with van der Waals surface area (Å²) in [6.45, 7) is -0.690. The summed E-state index contributed by atoms with van der Waals surface area (Å²) in [6.07, 6.45) is 0. The van der Waals surface area contributed by atoms with Gasteiger partial charge in [-0.25, -0.2) is 4.39 Å². The van der Waals surface area contributed by atoms with E-state index >= 15 is 0 Å². The highest BCUT2D eigenvalue weighted by molar-refractivity contribution is 5.36. The minimum absolute atomic E-state index is 0.305. The second-order valence-electron chi connectivity index (χ2n) is 4.01. The van der Waals surface area contributed by atoms with Crippen LogP contribution in [0.5, 0.6) is 23.0 Å². The van der Waals surface area contributed by atoms with Crippen molar-refractivity contribution in [2.24, 2.45) is 0 Å². The van der Waals surface area contributed by atoms with Gasteiger partial charge in [-0.3, -0.25) is 0 Å². The SMILES string of the molecule is COc1ccc(OCOc2ccc(F)c(O)c2F)c(F)c1F. The number of aromatic hydroxyl groups is 1. The minimum Gasteiger partial charge on any atom is -0.503 e. The molecule has 0 fully saturated rings. The third-order valence-corrected chi connectivity index (χ3v) is 2.69. The first-order valence-electron chi connectivity index (χ1n) is 5.90. The summed E-state index contributed by atoms with van der Waals surface area (Å²) in [5, 5.41) is 9.05. The van der Waals surface area contributed by atoms with Gasteiger partial charge in [0.05, 0.1) is 7.11 Å². The van der Waals surface area contributed by atoms with Gasteiger partial charge >= 0.3 is 0 Å². The number of hydrogen-bond acceptors (Lipinski definition) is 4. The van der Waals surface area contributed by atoms with Crippen molar-refractivity contribution in [1.82, 2.24) is 0 Å². The zero-order valence-electron chi connectivity index (χ0n) is 11.2. The molecule has 0 saturated heterocycles. The van der Waals surface area contributed by atoms with E-state index < -0.39 is 47.3 Å². The van der Waals surface area contributed by atoms with Gasteiger partial charge in [-0.15, -0.1) is 0 Å². The lowest BCUT2D eigenvalue weighted by Crippen LogP contribution is -2.09. The molecule has 0 amide bonds. The first kappa shape index (κ1) is 15.7. The van der Waals surface area contributed by atoms with E-state index in [1.54, 1.807) is 0 Å². The molecule has 2 aromatic rings. The molecule has 0 aliphatic heterocycles. The molecule has 0 bridgehead atoms. The fraction of sp³-hybridized carbons (Fsp3) is 0.143. The molecule has 118 valence electrons. The number of rotatable bonds is 5. The third-order valence-electron chi connectivity index (χ3n) is 2.69. The normalized spacial score (nSPS) is 10.4. The summed E-state index contributed by atoms with van der Waals surface area (Å²) >= 11 is 0. The van der Waals surface area contributed by atoms with E-state index in [0.717, 1.165) is 24.3 Å². The van der Waals surface area contributed by atoms with Crippen molar-refractivity contribution in [1.29, 1.82) is 0 Å². The Morgan fingerprint density at radius 2 is 1.32 bits per heavy atom. The van der Waals surface area contributed by atoms with E-state index in [1.165, 1.54) is 7.11 Å². The van der Waals surface area contributed by atoms with E-state index in [-0.39, 0.29) is 5.75 Å². The van der Waals surface area contributed by atoms with E-state index in [2.05, 4.69) is 4.74 Å². The van der Waals surface area contributed by atoms with Gasteiger partial charge in [0.2, 0.25) is 24.2 Å². The Morgan fingerprint density at radius 3 is 1.95 bits per heavy atom. The highest BCUT2D eigenvalue weighted by Crippen LogP contribution is 2.29. The lowest BCUT2D eigenvalue weighted by Gasteiger charge is -2.11. The van der Waals surface area contributed by atoms with Crippen molar-refractivity contribution >= 4 is 0 Å². The van der Waals surface area contributed by atoms with Gasteiger partial charge in [0.15, 0.2) is 28.8 Å². The number of phenolic OH excluding ortho intramolecular Hbond substituents is 1. The van der Waals surface area contributed by atoms with E-state index in [0.29, 0.717) is 0 Å². The predicted octanol–water partition coefficient (Wildman–Crippen LogP) is 3.37. The number of ether oxygens (including phenoxy) is 3. The quantitative estimate of drug-likeness (QED) is 0.678. The van der Waals surface area contributed by atoms with Gasteiger partial charge < -0.3 is 19.3 Å². The molecule has 8 heteroatoms. The zero-order chi connectivity index (χ0) is 16.3. The van der Waals surface area contributed by atoms with E-state index in [4.69, 9.17) is 14.6 Å². The topological polar surface area (TPSA) is 47.9 Å². The van der Waals surface area contributed by atoms with Crippen molar-refractivity contribution in [2.75, 3.05) is 13.9 Å². The summed E-state index contributed by atoms with van der Waals surface area (Å²) in [7, 11) is 1.17. The standard InChI is InChI=1S/C14H10F4O4/c1-20-8-4-5-9(12(17)11(8)16)21-6-22-10-3-2-7(15)14(19)13(10)18/h2-5,19H,6H2,1H3. The third kappa shape index (κ3) is 3.00. The molecule has 22 heavy (non-hydrogen) atoms. The molecule has 2 rings (SSSR count). The molecule has 0 spiro atoms. The first-order valence-corrected chi connectivity index (χ1v) is 5.90. The Labute approximate surface area is 122 Å². The van der Waals surface area contributed by atoms with Crippen LogP contribution in [-0.2, 0) is 0 Å². The van der Waals surface area contributed by atoms with Crippen molar-refractivity contribution in [3.63, 3.8) is 0 Å². The maximum absolute atomic E-state index is 13.6. The Bertz CT molecular complexity index is 691. The van der Waals surface area contributed by atoms with Crippen LogP contribution in [0.4, 0.5) is 17.6 Å². The van der Waals surface area contributed by atoms with Crippen LogP contribution in [-0.4, -0.2) is 19.0 Å². The maximum atomic E-state index is 13.6. The summed E-state index contributed by atoms with van der Waals surface area (Å²) in [5.74, 6) is -7.53. The molecule has 0 atom stereocenters. The van der Waals surface area contributed by atoms with Gasteiger partial charge in [-0.05, 0) is 24.3 Å². The highest BCUT2D eigenvalue weighted by Gasteiger charge is 2.16. The summed E-state index contributed by atoms with van der Waals surface area (Å²) in [6, 6.07) is 3.93. The summed E-state index contributed by atoms with van der Waals surface area (Å²) in [4.78, 5) is 0. The molecule has 0 radical (unpaired) electrons. The number of phenols is 1. The zero-order valence-corrected chi connectivity index (χ0v) is 11.2. The number of hydrogen-bond donors (Lipinski definition) is 1. The molecule has 4 nitrogen and oxygen atoms in total. The number of methoxy groups -OCH3 is 1. The van der Waals surface area contributed by atoms with Crippen LogP contribution in [0, 0.1) is 23.3 Å². The Balaban J connectivity index is 2.06. The fourth-order valence-electron chi connectivity index (χ4n) is 1.57. The van der Waals surface area contributed by atoms with Crippen molar-refractivity contribution in [3.05, 3.63) is 47.5 Å². The van der Waals surface area contributed by atoms with Crippen molar-refractivity contribution < 1.29 is 36.9 Å². The molecule has 0 saturated carbocycles. The van der Waals surface area contributed by atoms with E-state index in [1.807, 2.05) is 0 Å². The Hall–Kier alpha value is -2.64.